The van der Waals surface area contributed by atoms with Gasteiger partial charge in [-0.25, -0.2) is 0 Å². The molecule has 0 saturated heterocycles. The number of para-hydroxylation sites is 2. The maximum absolute atomic E-state index is 12.4. The Morgan fingerprint density at radius 3 is 2.33 bits per heavy atom. The quantitative estimate of drug-likeness (QED) is 0.510. The number of carbonyl (C=O) groups is 2. The molecule has 2 rings (SSSR count). The topological polar surface area (TPSA) is 88.7 Å². The summed E-state index contributed by atoms with van der Waals surface area (Å²) in [7, 11) is 0. The van der Waals surface area contributed by atoms with Gasteiger partial charge < -0.3 is 25.4 Å². The van der Waals surface area contributed by atoms with Gasteiger partial charge >= 0.3 is 0 Å². The first-order chi connectivity index (χ1) is 14.3. The summed E-state index contributed by atoms with van der Waals surface area (Å²) in [4.78, 5) is 24.5. The van der Waals surface area contributed by atoms with Crippen molar-refractivity contribution >= 4 is 28.9 Å². The number of anilines is 3. The van der Waals surface area contributed by atoms with Crippen LogP contribution in [0.15, 0.2) is 48.5 Å². The van der Waals surface area contributed by atoms with Crippen molar-refractivity contribution in [2.24, 2.45) is 5.41 Å². The van der Waals surface area contributed by atoms with E-state index in [4.69, 9.17) is 9.47 Å². The van der Waals surface area contributed by atoms with Crippen LogP contribution < -0.4 is 20.7 Å². The fourth-order valence-corrected chi connectivity index (χ4v) is 2.47. The van der Waals surface area contributed by atoms with Crippen LogP contribution in [0.2, 0.25) is 0 Å². The highest BCUT2D eigenvalue weighted by atomic mass is 16.5. The molecule has 0 aromatic heterocycles. The van der Waals surface area contributed by atoms with E-state index >= 15 is 0 Å². The van der Waals surface area contributed by atoms with Crippen LogP contribution in [0.3, 0.4) is 0 Å². The maximum atomic E-state index is 12.4. The molecule has 0 aliphatic rings. The smallest absolute Gasteiger partial charge is 0.243 e. The van der Waals surface area contributed by atoms with Crippen molar-refractivity contribution in [1.29, 1.82) is 0 Å². The van der Waals surface area contributed by atoms with Gasteiger partial charge in [-0.05, 0) is 37.3 Å². The van der Waals surface area contributed by atoms with E-state index in [1.807, 2.05) is 52.0 Å². The van der Waals surface area contributed by atoms with E-state index in [0.29, 0.717) is 36.9 Å². The number of benzene rings is 2. The average Bonchev–Trinajstić information content (AvgIpc) is 2.70. The van der Waals surface area contributed by atoms with Crippen LogP contribution in [0.4, 0.5) is 17.1 Å². The number of hydrogen-bond donors (Lipinski definition) is 3. The molecule has 30 heavy (non-hydrogen) atoms. The molecule has 0 radical (unpaired) electrons. The third-order valence-electron chi connectivity index (χ3n) is 4.10. The van der Waals surface area contributed by atoms with Gasteiger partial charge in [0.25, 0.3) is 0 Å². The summed E-state index contributed by atoms with van der Waals surface area (Å²) >= 11 is 0. The zero-order chi connectivity index (χ0) is 22.0. The van der Waals surface area contributed by atoms with Crippen LogP contribution in [0.5, 0.6) is 5.75 Å². The monoisotopic (exact) mass is 413 g/mol. The van der Waals surface area contributed by atoms with E-state index in [1.54, 1.807) is 24.3 Å². The van der Waals surface area contributed by atoms with Gasteiger partial charge in [0.15, 0.2) is 0 Å². The third-order valence-corrected chi connectivity index (χ3v) is 4.10. The number of ether oxygens (including phenoxy) is 2. The van der Waals surface area contributed by atoms with Crippen LogP contribution >= 0.6 is 0 Å². The van der Waals surface area contributed by atoms with Crippen LogP contribution in [-0.4, -0.2) is 38.2 Å². The molecule has 2 aromatic carbocycles. The van der Waals surface area contributed by atoms with Crippen LogP contribution in [0, 0.1) is 5.41 Å². The zero-order valence-electron chi connectivity index (χ0n) is 18.1. The van der Waals surface area contributed by atoms with Crippen molar-refractivity contribution in [1.82, 2.24) is 0 Å². The maximum Gasteiger partial charge on any atom is 0.243 e. The van der Waals surface area contributed by atoms with Gasteiger partial charge in [0.2, 0.25) is 11.8 Å². The number of rotatable bonds is 10. The third kappa shape index (κ3) is 7.75. The normalized spacial score (nSPS) is 10.9. The minimum Gasteiger partial charge on any atom is -0.489 e. The molecule has 2 aromatic rings. The lowest BCUT2D eigenvalue weighted by Crippen LogP contribution is -2.27. The predicted molar refractivity (Wildman–Crippen MR) is 120 cm³/mol. The first-order valence-electron chi connectivity index (χ1n) is 10.0. The molecule has 0 atom stereocenters. The van der Waals surface area contributed by atoms with Gasteiger partial charge in [0.1, 0.15) is 12.4 Å². The molecule has 0 aliphatic heterocycles. The number of hydrogen-bond acceptors (Lipinski definition) is 5. The molecule has 7 nitrogen and oxygen atoms in total. The summed E-state index contributed by atoms with van der Waals surface area (Å²) < 4.78 is 11.0. The van der Waals surface area contributed by atoms with E-state index in [-0.39, 0.29) is 18.4 Å². The Morgan fingerprint density at radius 2 is 1.63 bits per heavy atom. The van der Waals surface area contributed by atoms with E-state index in [2.05, 4.69) is 16.0 Å². The van der Waals surface area contributed by atoms with Crippen molar-refractivity contribution in [3.05, 3.63) is 48.5 Å². The lowest BCUT2D eigenvalue weighted by molar-refractivity contribution is -0.123. The second-order valence-electron chi connectivity index (χ2n) is 7.73. The molecule has 0 heterocycles. The SMILES string of the molecule is CCOCCOc1ccccc1NCC(=O)Nc1cccc(NC(=O)C(C)(C)C)c1. The van der Waals surface area contributed by atoms with Gasteiger partial charge in [0, 0.05) is 23.4 Å². The fraction of sp³-hybridized carbons (Fsp3) is 0.391. The molecule has 162 valence electrons. The van der Waals surface area contributed by atoms with E-state index < -0.39 is 5.41 Å². The van der Waals surface area contributed by atoms with E-state index in [0.717, 1.165) is 5.69 Å². The lowest BCUT2D eigenvalue weighted by Gasteiger charge is -2.18. The second-order valence-corrected chi connectivity index (χ2v) is 7.73. The molecule has 0 saturated carbocycles. The van der Waals surface area contributed by atoms with Crippen molar-refractivity contribution < 1.29 is 19.1 Å². The van der Waals surface area contributed by atoms with Crippen molar-refractivity contribution in [2.75, 3.05) is 42.3 Å². The fourth-order valence-electron chi connectivity index (χ4n) is 2.47. The second kappa shape index (κ2) is 11.2. The molecule has 7 heteroatoms. The summed E-state index contributed by atoms with van der Waals surface area (Å²) in [5.74, 6) is 0.365. The largest absolute Gasteiger partial charge is 0.489 e. The predicted octanol–water partition coefficient (Wildman–Crippen LogP) is 4.14. The molecular formula is C23H31N3O4. The first-order valence-corrected chi connectivity index (χ1v) is 10.0. The zero-order valence-corrected chi connectivity index (χ0v) is 18.1. The van der Waals surface area contributed by atoms with Crippen LogP contribution in [0.1, 0.15) is 27.7 Å². The van der Waals surface area contributed by atoms with Crippen LogP contribution in [0.25, 0.3) is 0 Å². The minimum absolute atomic E-state index is 0.0738. The Morgan fingerprint density at radius 1 is 0.933 bits per heavy atom. The molecule has 0 spiro atoms. The number of carbonyl (C=O) groups excluding carboxylic acids is 2. The van der Waals surface area contributed by atoms with E-state index in [9.17, 15) is 9.59 Å². The highest BCUT2D eigenvalue weighted by Crippen LogP contribution is 2.24. The minimum atomic E-state index is -0.499. The van der Waals surface area contributed by atoms with Crippen molar-refractivity contribution in [2.45, 2.75) is 27.7 Å². The van der Waals surface area contributed by atoms with Crippen LogP contribution in [-0.2, 0) is 14.3 Å². The number of amides is 2. The van der Waals surface area contributed by atoms with Crippen molar-refractivity contribution in [3.8, 4) is 5.75 Å². The highest BCUT2D eigenvalue weighted by Gasteiger charge is 2.21. The van der Waals surface area contributed by atoms with Gasteiger partial charge in [0.05, 0.1) is 18.8 Å². The summed E-state index contributed by atoms with van der Waals surface area (Å²) in [6.07, 6.45) is 0. The molecule has 3 N–H and O–H groups in total. The molecule has 0 aliphatic carbocycles. The Hall–Kier alpha value is -3.06. The summed E-state index contributed by atoms with van der Waals surface area (Å²) in [5, 5.41) is 8.78. The standard InChI is InChI=1S/C23H31N3O4/c1-5-29-13-14-30-20-12-7-6-11-19(20)24-16-21(27)25-17-9-8-10-18(15-17)26-22(28)23(2,3)4/h6-12,15,24H,5,13-14,16H2,1-4H3,(H,25,27)(H,26,28). The highest BCUT2D eigenvalue weighted by molar-refractivity contribution is 5.97. The van der Waals surface area contributed by atoms with Gasteiger partial charge in [-0.2, -0.15) is 0 Å². The Balaban J connectivity index is 1.90. The van der Waals surface area contributed by atoms with E-state index in [1.165, 1.54) is 0 Å². The van der Waals surface area contributed by atoms with Gasteiger partial charge in [-0.3, -0.25) is 9.59 Å². The summed E-state index contributed by atoms with van der Waals surface area (Å²) in [6, 6.07) is 14.5. The molecule has 0 bridgehead atoms. The van der Waals surface area contributed by atoms with Gasteiger partial charge in [-0.1, -0.05) is 39.0 Å². The van der Waals surface area contributed by atoms with Crippen molar-refractivity contribution in [3.63, 3.8) is 0 Å². The number of nitrogens with one attached hydrogen (secondary N) is 3. The Bertz CT molecular complexity index is 846. The summed E-state index contributed by atoms with van der Waals surface area (Å²) in [5.41, 5.74) is 1.47. The lowest BCUT2D eigenvalue weighted by atomic mass is 9.95. The molecule has 2 amide bonds. The van der Waals surface area contributed by atoms with Gasteiger partial charge in [-0.15, -0.1) is 0 Å². The Labute approximate surface area is 178 Å². The molecule has 0 fully saturated rings. The first kappa shape index (κ1) is 23.2. The molecular weight excluding hydrogens is 382 g/mol. The average molecular weight is 414 g/mol. The summed E-state index contributed by atoms with van der Waals surface area (Å²) in [6.45, 7) is 9.13. The molecule has 0 unspecified atom stereocenters. The Kier molecular flexibility index (Phi) is 8.68.